The highest BCUT2D eigenvalue weighted by Gasteiger charge is 2.26. The molecule has 1 N–H and O–H groups in total. The Bertz CT molecular complexity index is 1020. The molecule has 0 bridgehead atoms. The lowest BCUT2D eigenvalue weighted by atomic mass is 10.0. The SMILES string of the molecule is C=CC(=O)Nc1ccc2c(N3CC[C@@H](Cc4ncc(Br)cn4)C3)nncc2c1. The van der Waals surface area contributed by atoms with Crippen molar-refractivity contribution in [3.8, 4) is 0 Å². The first-order chi connectivity index (χ1) is 13.6. The normalized spacial score (nSPS) is 16.3. The fourth-order valence-electron chi connectivity index (χ4n) is 3.47. The van der Waals surface area contributed by atoms with Gasteiger partial charge in [-0.1, -0.05) is 6.58 Å². The second kappa shape index (κ2) is 8.02. The van der Waals surface area contributed by atoms with Crippen LogP contribution in [0.5, 0.6) is 0 Å². The molecule has 0 spiro atoms. The van der Waals surface area contributed by atoms with Gasteiger partial charge in [0.05, 0.1) is 10.7 Å². The summed E-state index contributed by atoms with van der Waals surface area (Å²) in [7, 11) is 0. The second-order valence-corrected chi connectivity index (χ2v) is 7.70. The van der Waals surface area contributed by atoms with Crippen molar-refractivity contribution in [2.75, 3.05) is 23.3 Å². The van der Waals surface area contributed by atoms with Crippen LogP contribution in [0, 0.1) is 5.92 Å². The largest absolute Gasteiger partial charge is 0.354 e. The number of nitrogens with one attached hydrogen (secondary N) is 1. The van der Waals surface area contributed by atoms with Crippen LogP contribution in [0.3, 0.4) is 0 Å². The molecule has 1 amide bonds. The number of anilines is 2. The van der Waals surface area contributed by atoms with Gasteiger partial charge in [-0.2, -0.15) is 5.10 Å². The topological polar surface area (TPSA) is 83.9 Å². The van der Waals surface area contributed by atoms with E-state index in [9.17, 15) is 4.79 Å². The minimum absolute atomic E-state index is 0.237. The zero-order valence-corrected chi connectivity index (χ0v) is 16.8. The second-order valence-electron chi connectivity index (χ2n) is 6.79. The number of benzene rings is 1. The van der Waals surface area contributed by atoms with E-state index in [1.54, 1.807) is 18.6 Å². The third-order valence-electron chi connectivity index (χ3n) is 4.83. The zero-order chi connectivity index (χ0) is 19.5. The first-order valence-electron chi connectivity index (χ1n) is 9.02. The van der Waals surface area contributed by atoms with Crippen molar-refractivity contribution in [3.63, 3.8) is 0 Å². The van der Waals surface area contributed by atoms with Gasteiger partial charge in [-0.3, -0.25) is 4.79 Å². The van der Waals surface area contributed by atoms with Crippen LogP contribution in [0.1, 0.15) is 12.2 Å². The van der Waals surface area contributed by atoms with Gasteiger partial charge in [-0.25, -0.2) is 9.97 Å². The molecule has 0 unspecified atom stereocenters. The minimum Gasteiger partial charge on any atom is -0.354 e. The Morgan fingerprint density at radius 3 is 2.93 bits per heavy atom. The Labute approximate surface area is 171 Å². The number of rotatable bonds is 5. The summed E-state index contributed by atoms with van der Waals surface area (Å²) >= 11 is 3.37. The molecule has 1 fully saturated rings. The summed E-state index contributed by atoms with van der Waals surface area (Å²) in [5.74, 6) is 1.98. The van der Waals surface area contributed by atoms with Crippen molar-refractivity contribution < 1.29 is 4.79 Å². The molecule has 4 rings (SSSR count). The molecule has 3 aromatic rings. The van der Waals surface area contributed by atoms with Crippen LogP contribution in [-0.2, 0) is 11.2 Å². The molecule has 142 valence electrons. The number of amides is 1. The number of hydrogen-bond acceptors (Lipinski definition) is 6. The van der Waals surface area contributed by atoms with Gasteiger partial charge in [0.1, 0.15) is 5.82 Å². The van der Waals surface area contributed by atoms with Crippen LogP contribution in [-0.4, -0.2) is 39.2 Å². The molecule has 3 heterocycles. The van der Waals surface area contributed by atoms with Gasteiger partial charge in [0.2, 0.25) is 5.91 Å². The van der Waals surface area contributed by atoms with Crippen LogP contribution in [0.2, 0.25) is 0 Å². The lowest BCUT2D eigenvalue weighted by Gasteiger charge is -2.19. The molecule has 0 radical (unpaired) electrons. The molecule has 1 aliphatic heterocycles. The number of carbonyl (C=O) groups is 1. The molecule has 28 heavy (non-hydrogen) atoms. The van der Waals surface area contributed by atoms with Crippen molar-refractivity contribution >= 4 is 44.1 Å². The van der Waals surface area contributed by atoms with Gasteiger partial charge in [0.25, 0.3) is 0 Å². The van der Waals surface area contributed by atoms with E-state index in [0.29, 0.717) is 11.6 Å². The summed E-state index contributed by atoms with van der Waals surface area (Å²) in [6.45, 7) is 5.29. The summed E-state index contributed by atoms with van der Waals surface area (Å²) in [5, 5.41) is 13.3. The molecule has 1 aliphatic rings. The van der Waals surface area contributed by atoms with Crippen molar-refractivity contribution in [2.45, 2.75) is 12.8 Å². The quantitative estimate of drug-likeness (QED) is 0.614. The molecule has 2 aromatic heterocycles. The van der Waals surface area contributed by atoms with Crippen molar-refractivity contribution in [2.24, 2.45) is 5.92 Å². The van der Waals surface area contributed by atoms with E-state index in [2.05, 4.69) is 52.9 Å². The Morgan fingerprint density at radius 2 is 2.14 bits per heavy atom. The van der Waals surface area contributed by atoms with Crippen LogP contribution in [0.15, 0.2) is 53.9 Å². The number of carbonyl (C=O) groups excluding carboxylic acids is 1. The lowest BCUT2D eigenvalue weighted by molar-refractivity contribution is -0.111. The number of aromatic nitrogens is 4. The third-order valence-corrected chi connectivity index (χ3v) is 5.23. The van der Waals surface area contributed by atoms with Gasteiger partial charge in [-0.15, -0.1) is 5.10 Å². The van der Waals surface area contributed by atoms with Crippen molar-refractivity contribution in [3.05, 3.63) is 59.7 Å². The highest BCUT2D eigenvalue weighted by molar-refractivity contribution is 9.10. The van der Waals surface area contributed by atoms with E-state index >= 15 is 0 Å². The van der Waals surface area contributed by atoms with Gasteiger partial charge in [0.15, 0.2) is 5.82 Å². The van der Waals surface area contributed by atoms with Crippen LogP contribution >= 0.6 is 15.9 Å². The summed E-state index contributed by atoms with van der Waals surface area (Å²) in [4.78, 5) is 22.6. The average molecular weight is 439 g/mol. The maximum Gasteiger partial charge on any atom is 0.247 e. The van der Waals surface area contributed by atoms with E-state index < -0.39 is 0 Å². The molecular formula is C20H19BrN6O. The van der Waals surface area contributed by atoms with Crippen LogP contribution in [0.4, 0.5) is 11.5 Å². The molecule has 0 aliphatic carbocycles. The van der Waals surface area contributed by atoms with E-state index in [-0.39, 0.29) is 5.91 Å². The van der Waals surface area contributed by atoms with Crippen molar-refractivity contribution in [1.29, 1.82) is 0 Å². The summed E-state index contributed by atoms with van der Waals surface area (Å²) in [6, 6.07) is 5.75. The first kappa shape index (κ1) is 18.5. The monoisotopic (exact) mass is 438 g/mol. The predicted octanol–water partition coefficient (Wildman–Crippen LogP) is 3.38. The molecule has 1 aromatic carbocycles. The number of hydrogen-bond donors (Lipinski definition) is 1. The Balaban J connectivity index is 1.51. The number of fused-ring (bicyclic) bond motifs is 1. The lowest BCUT2D eigenvalue weighted by Crippen LogP contribution is -2.22. The molecule has 0 saturated carbocycles. The summed E-state index contributed by atoms with van der Waals surface area (Å²) < 4.78 is 0.888. The molecule has 7 nitrogen and oxygen atoms in total. The Kier molecular flexibility index (Phi) is 5.29. The maximum absolute atomic E-state index is 11.5. The van der Waals surface area contributed by atoms with Crippen molar-refractivity contribution in [1.82, 2.24) is 20.2 Å². The van der Waals surface area contributed by atoms with E-state index in [1.807, 2.05) is 18.2 Å². The van der Waals surface area contributed by atoms with Gasteiger partial charge >= 0.3 is 0 Å². The van der Waals surface area contributed by atoms with E-state index in [4.69, 9.17) is 0 Å². The van der Waals surface area contributed by atoms with Gasteiger partial charge in [0, 0.05) is 48.4 Å². The summed E-state index contributed by atoms with van der Waals surface area (Å²) in [5.41, 5.74) is 0.711. The maximum atomic E-state index is 11.5. The van der Waals surface area contributed by atoms with Gasteiger partial charge < -0.3 is 10.2 Å². The van der Waals surface area contributed by atoms with Gasteiger partial charge in [-0.05, 0) is 52.5 Å². The van der Waals surface area contributed by atoms with E-state index in [1.165, 1.54) is 6.08 Å². The highest BCUT2D eigenvalue weighted by atomic mass is 79.9. The third kappa shape index (κ3) is 4.01. The smallest absolute Gasteiger partial charge is 0.247 e. The fraction of sp³-hybridized carbons (Fsp3) is 0.250. The van der Waals surface area contributed by atoms with Crippen LogP contribution < -0.4 is 10.2 Å². The fourth-order valence-corrected chi connectivity index (χ4v) is 3.68. The van der Waals surface area contributed by atoms with Crippen LogP contribution in [0.25, 0.3) is 10.8 Å². The zero-order valence-electron chi connectivity index (χ0n) is 15.2. The Morgan fingerprint density at radius 1 is 1.32 bits per heavy atom. The molecule has 8 heteroatoms. The predicted molar refractivity (Wildman–Crippen MR) is 112 cm³/mol. The molecular weight excluding hydrogens is 420 g/mol. The highest BCUT2D eigenvalue weighted by Crippen LogP contribution is 2.30. The van der Waals surface area contributed by atoms with E-state index in [0.717, 1.165) is 52.8 Å². The number of halogens is 1. The average Bonchev–Trinajstić information content (AvgIpc) is 3.17. The molecule has 1 atom stereocenters. The molecule has 1 saturated heterocycles. The summed E-state index contributed by atoms with van der Waals surface area (Å²) in [6.07, 6.45) is 8.44. The standard InChI is InChI=1S/C20H19BrN6O/c1-2-19(28)25-16-3-4-17-14(8-16)9-24-26-20(17)27-6-5-13(12-27)7-18-22-10-15(21)11-23-18/h2-4,8-11,13H,1,5-7,12H2,(H,25,28)/t13-/m0/s1. The number of nitrogens with zero attached hydrogens (tertiary/aromatic N) is 5. The minimum atomic E-state index is -0.237. The first-order valence-corrected chi connectivity index (χ1v) is 9.82. The Hall–Kier alpha value is -2.87.